The molecule has 98 valence electrons. The molecule has 0 spiro atoms. The van der Waals surface area contributed by atoms with Crippen LogP contribution in [-0.4, -0.2) is 29.8 Å². The van der Waals surface area contributed by atoms with Crippen LogP contribution in [-0.2, 0) is 16.1 Å². The fraction of sp³-hybridized carbons (Fsp3) is 0.385. The summed E-state index contributed by atoms with van der Waals surface area (Å²) < 4.78 is 0. The third kappa shape index (κ3) is 3.85. The maximum absolute atomic E-state index is 11.6. The molecule has 0 aromatic heterocycles. The second-order valence-electron chi connectivity index (χ2n) is 4.31. The number of nitrogens with one attached hydrogen (secondary N) is 1. The predicted molar refractivity (Wildman–Crippen MR) is 70.9 cm³/mol. The van der Waals surface area contributed by atoms with E-state index in [4.69, 9.17) is 5.73 Å². The standard InChI is InChI=1S/C13H19N3O2/c1-9(14)13(18)15-12-7-5-4-6-11(12)8-16(3)10(2)17/h4-7,9H,8,14H2,1-3H3,(H,15,18)/t9-/m1/s1. The first-order valence-electron chi connectivity index (χ1n) is 5.78. The fourth-order valence-electron chi connectivity index (χ4n) is 1.39. The second-order valence-corrected chi connectivity index (χ2v) is 4.31. The topological polar surface area (TPSA) is 75.4 Å². The van der Waals surface area contributed by atoms with E-state index in [1.807, 2.05) is 18.2 Å². The van der Waals surface area contributed by atoms with Crippen molar-refractivity contribution >= 4 is 17.5 Å². The quantitative estimate of drug-likeness (QED) is 0.834. The van der Waals surface area contributed by atoms with E-state index in [0.717, 1.165) is 5.56 Å². The lowest BCUT2D eigenvalue weighted by Gasteiger charge is -2.18. The van der Waals surface area contributed by atoms with Gasteiger partial charge in [0.05, 0.1) is 6.04 Å². The largest absolute Gasteiger partial charge is 0.342 e. The van der Waals surface area contributed by atoms with Crippen LogP contribution in [0.15, 0.2) is 24.3 Å². The lowest BCUT2D eigenvalue weighted by molar-refractivity contribution is -0.128. The Balaban J connectivity index is 2.86. The highest BCUT2D eigenvalue weighted by atomic mass is 16.2. The number of rotatable bonds is 4. The zero-order chi connectivity index (χ0) is 13.7. The summed E-state index contributed by atoms with van der Waals surface area (Å²) in [5.41, 5.74) is 7.07. The van der Waals surface area contributed by atoms with Crippen molar-refractivity contribution in [3.8, 4) is 0 Å². The summed E-state index contributed by atoms with van der Waals surface area (Å²) in [4.78, 5) is 24.4. The Morgan fingerprint density at radius 1 is 1.39 bits per heavy atom. The number of nitrogens with zero attached hydrogens (tertiary/aromatic N) is 1. The van der Waals surface area contributed by atoms with E-state index in [1.54, 1.807) is 24.9 Å². The number of hydrogen-bond donors (Lipinski definition) is 2. The van der Waals surface area contributed by atoms with Gasteiger partial charge in [-0.1, -0.05) is 18.2 Å². The van der Waals surface area contributed by atoms with E-state index in [1.165, 1.54) is 6.92 Å². The van der Waals surface area contributed by atoms with E-state index in [2.05, 4.69) is 5.32 Å². The van der Waals surface area contributed by atoms with Gasteiger partial charge in [0, 0.05) is 26.2 Å². The van der Waals surface area contributed by atoms with E-state index in [9.17, 15) is 9.59 Å². The molecule has 3 N–H and O–H groups in total. The van der Waals surface area contributed by atoms with Gasteiger partial charge in [-0.2, -0.15) is 0 Å². The Labute approximate surface area is 107 Å². The lowest BCUT2D eigenvalue weighted by Crippen LogP contribution is -2.33. The van der Waals surface area contributed by atoms with Crippen LogP contribution in [0.3, 0.4) is 0 Å². The van der Waals surface area contributed by atoms with E-state index in [0.29, 0.717) is 12.2 Å². The average Bonchev–Trinajstić information content (AvgIpc) is 2.31. The molecule has 0 unspecified atom stereocenters. The zero-order valence-electron chi connectivity index (χ0n) is 10.9. The molecule has 1 atom stereocenters. The molecule has 0 fully saturated rings. The molecule has 0 saturated carbocycles. The van der Waals surface area contributed by atoms with Crippen LogP contribution in [0.1, 0.15) is 19.4 Å². The van der Waals surface area contributed by atoms with Crippen LogP contribution >= 0.6 is 0 Å². The Morgan fingerprint density at radius 3 is 2.56 bits per heavy atom. The molecule has 1 aromatic rings. The minimum absolute atomic E-state index is 0.0247. The smallest absolute Gasteiger partial charge is 0.241 e. The summed E-state index contributed by atoms with van der Waals surface area (Å²) in [7, 11) is 1.71. The molecule has 2 amide bonds. The Morgan fingerprint density at radius 2 is 2.00 bits per heavy atom. The first-order valence-corrected chi connectivity index (χ1v) is 5.78. The zero-order valence-corrected chi connectivity index (χ0v) is 10.9. The maximum Gasteiger partial charge on any atom is 0.241 e. The summed E-state index contributed by atoms with van der Waals surface area (Å²) >= 11 is 0. The van der Waals surface area contributed by atoms with Crippen LogP contribution in [0.25, 0.3) is 0 Å². The predicted octanol–water partition coefficient (Wildman–Crippen LogP) is 0.951. The minimum Gasteiger partial charge on any atom is -0.342 e. The van der Waals surface area contributed by atoms with Gasteiger partial charge in [-0.15, -0.1) is 0 Å². The number of anilines is 1. The highest BCUT2D eigenvalue weighted by Gasteiger charge is 2.12. The Kier molecular flexibility index (Phi) is 4.85. The van der Waals surface area contributed by atoms with Gasteiger partial charge in [0.25, 0.3) is 0 Å². The van der Waals surface area contributed by atoms with Gasteiger partial charge in [-0.25, -0.2) is 0 Å². The Bertz CT molecular complexity index is 444. The van der Waals surface area contributed by atoms with Gasteiger partial charge >= 0.3 is 0 Å². The highest BCUT2D eigenvalue weighted by Crippen LogP contribution is 2.16. The van der Waals surface area contributed by atoms with Gasteiger partial charge in [0.15, 0.2) is 0 Å². The number of nitrogens with two attached hydrogens (primary N) is 1. The van der Waals surface area contributed by atoms with Gasteiger partial charge < -0.3 is 16.0 Å². The molecule has 5 heteroatoms. The molecule has 18 heavy (non-hydrogen) atoms. The third-order valence-electron chi connectivity index (χ3n) is 2.63. The number of benzene rings is 1. The molecular weight excluding hydrogens is 230 g/mol. The molecule has 0 heterocycles. The molecule has 0 aliphatic rings. The first-order chi connectivity index (χ1) is 8.41. The van der Waals surface area contributed by atoms with E-state index < -0.39 is 6.04 Å². The SMILES string of the molecule is CC(=O)N(C)Cc1ccccc1NC(=O)[C@@H](C)N. The summed E-state index contributed by atoms with van der Waals surface area (Å²) in [5, 5.41) is 2.75. The summed E-state index contributed by atoms with van der Waals surface area (Å²) in [6.07, 6.45) is 0. The lowest BCUT2D eigenvalue weighted by atomic mass is 10.1. The first kappa shape index (κ1) is 14.2. The molecule has 0 saturated heterocycles. The van der Waals surface area contributed by atoms with Crippen LogP contribution in [0.2, 0.25) is 0 Å². The van der Waals surface area contributed by atoms with E-state index >= 15 is 0 Å². The van der Waals surface area contributed by atoms with Crippen LogP contribution in [0.4, 0.5) is 5.69 Å². The number of amides is 2. The van der Waals surface area contributed by atoms with Crippen LogP contribution in [0.5, 0.6) is 0 Å². The molecule has 5 nitrogen and oxygen atoms in total. The number of carbonyl (C=O) groups excluding carboxylic acids is 2. The average molecular weight is 249 g/mol. The summed E-state index contributed by atoms with van der Waals surface area (Å²) in [5.74, 6) is -0.267. The fourth-order valence-corrected chi connectivity index (χ4v) is 1.39. The van der Waals surface area contributed by atoms with Crippen molar-refractivity contribution in [1.29, 1.82) is 0 Å². The molecular formula is C13H19N3O2. The normalized spacial score (nSPS) is 11.8. The van der Waals surface area contributed by atoms with Crippen molar-refractivity contribution < 1.29 is 9.59 Å². The van der Waals surface area contributed by atoms with Crippen molar-refractivity contribution in [2.24, 2.45) is 5.73 Å². The van der Waals surface area contributed by atoms with Gasteiger partial charge in [0.1, 0.15) is 0 Å². The third-order valence-corrected chi connectivity index (χ3v) is 2.63. The van der Waals surface area contributed by atoms with Crippen molar-refractivity contribution in [2.75, 3.05) is 12.4 Å². The molecule has 0 aliphatic heterocycles. The minimum atomic E-state index is -0.566. The van der Waals surface area contributed by atoms with Gasteiger partial charge in [-0.05, 0) is 18.6 Å². The number of hydrogen-bond acceptors (Lipinski definition) is 3. The van der Waals surface area contributed by atoms with E-state index in [-0.39, 0.29) is 11.8 Å². The van der Waals surface area contributed by atoms with Gasteiger partial charge in [-0.3, -0.25) is 9.59 Å². The van der Waals surface area contributed by atoms with Crippen molar-refractivity contribution in [2.45, 2.75) is 26.4 Å². The molecule has 1 rings (SSSR count). The number of carbonyl (C=O) groups is 2. The van der Waals surface area contributed by atoms with Gasteiger partial charge in [0.2, 0.25) is 11.8 Å². The van der Waals surface area contributed by atoms with Crippen molar-refractivity contribution in [1.82, 2.24) is 4.90 Å². The number of para-hydroxylation sites is 1. The molecule has 0 bridgehead atoms. The summed E-state index contributed by atoms with van der Waals surface area (Å²) in [6, 6.07) is 6.79. The molecule has 0 aliphatic carbocycles. The molecule has 1 aromatic carbocycles. The van der Waals surface area contributed by atoms with Crippen LogP contribution in [0, 0.1) is 0 Å². The summed E-state index contributed by atoms with van der Waals surface area (Å²) in [6.45, 7) is 3.58. The second kappa shape index (κ2) is 6.16. The Hall–Kier alpha value is -1.88. The van der Waals surface area contributed by atoms with Crippen LogP contribution < -0.4 is 11.1 Å². The maximum atomic E-state index is 11.6. The van der Waals surface area contributed by atoms with Crippen molar-refractivity contribution in [3.63, 3.8) is 0 Å². The monoisotopic (exact) mass is 249 g/mol. The highest BCUT2D eigenvalue weighted by molar-refractivity contribution is 5.95. The molecule has 0 radical (unpaired) electrons. The van der Waals surface area contributed by atoms with Crippen molar-refractivity contribution in [3.05, 3.63) is 29.8 Å².